The Morgan fingerprint density at radius 1 is 0.894 bits per heavy atom. The van der Waals surface area contributed by atoms with Crippen molar-refractivity contribution in [2.24, 2.45) is 0 Å². The number of carbonyl (C=O) groups is 3. The van der Waals surface area contributed by atoms with Crippen LogP contribution in [0.25, 0.3) is 33.4 Å². The van der Waals surface area contributed by atoms with Crippen molar-refractivity contribution in [3.05, 3.63) is 72.2 Å². The molecule has 3 N–H and O–H groups in total. The lowest BCUT2D eigenvalue weighted by Crippen LogP contribution is -2.46. The van der Waals surface area contributed by atoms with E-state index in [1.54, 1.807) is 29.3 Å². The van der Waals surface area contributed by atoms with Crippen molar-refractivity contribution >= 4 is 41.2 Å². The fourth-order valence-electron chi connectivity index (χ4n) is 5.55. The Bertz CT molecular complexity index is 1880. The van der Waals surface area contributed by atoms with Crippen LogP contribution in [0.1, 0.15) is 28.0 Å². The van der Waals surface area contributed by atoms with Crippen LogP contribution in [-0.2, 0) is 25.5 Å². The first kappa shape index (κ1) is 33.2. The molecule has 1 aliphatic heterocycles. The number of methoxy groups -OCH3 is 2. The number of para-hydroxylation sites is 1. The molecule has 0 saturated carbocycles. The normalized spacial score (nSPS) is 14.3. The van der Waals surface area contributed by atoms with Gasteiger partial charge < -0.3 is 29.8 Å². The first-order chi connectivity index (χ1) is 22.4. The number of nitrogens with zero attached hydrogens (tertiary/aromatic N) is 7. The summed E-state index contributed by atoms with van der Waals surface area (Å²) in [5.74, 6) is -1.32. The van der Waals surface area contributed by atoms with Gasteiger partial charge in [-0.1, -0.05) is 28.6 Å². The van der Waals surface area contributed by atoms with Crippen molar-refractivity contribution < 1.29 is 29.0 Å². The third kappa shape index (κ3) is 6.86. The van der Waals surface area contributed by atoms with Crippen molar-refractivity contribution in [3.63, 3.8) is 0 Å². The number of rotatable bonds is 10. The largest absolute Gasteiger partial charge is 0.467 e. The van der Waals surface area contributed by atoms with Gasteiger partial charge in [-0.2, -0.15) is 0 Å². The minimum absolute atomic E-state index is 0. The smallest absolute Gasteiger partial charge is 0.333 e. The number of aliphatic hydroxyl groups is 1. The molecular weight excluding hydrogens is 630 g/mol. The number of hydrogen-bond donors (Lipinski definition) is 3. The molecule has 15 nitrogen and oxygen atoms in total. The van der Waals surface area contributed by atoms with Crippen LogP contribution in [0.3, 0.4) is 0 Å². The maximum Gasteiger partial charge on any atom is 0.333 e. The predicted molar refractivity (Wildman–Crippen MR) is 172 cm³/mol. The minimum Gasteiger partial charge on any atom is -0.467 e. The van der Waals surface area contributed by atoms with Crippen molar-refractivity contribution in [3.8, 4) is 22.5 Å². The highest BCUT2D eigenvalue weighted by atomic mass is 35.5. The summed E-state index contributed by atoms with van der Waals surface area (Å²) in [6, 6.07) is 11.1. The van der Waals surface area contributed by atoms with Crippen LogP contribution in [0, 0.1) is 0 Å². The maximum atomic E-state index is 13.6. The minimum atomic E-state index is -1.08. The van der Waals surface area contributed by atoms with Gasteiger partial charge in [0, 0.05) is 66.4 Å². The number of nitrogens with one attached hydrogen (secondary N) is 2. The Balaban J connectivity index is 0.00000433. The zero-order valence-electron chi connectivity index (χ0n) is 25.7. The molecule has 3 aromatic heterocycles. The number of H-pyrrole nitrogens is 1. The Morgan fingerprint density at radius 2 is 1.49 bits per heavy atom. The van der Waals surface area contributed by atoms with Gasteiger partial charge in [0.15, 0.2) is 12.1 Å². The van der Waals surface area contributed by atoms with Crippen molar-refractivity contribution in [1.82, 2.24) is 45.2 Å². The number of amides is 1. The van der Waals surface area contributed by atoms with Crippen LogP contribution >= 0.6 is 12.4 Å². The lowest BCUT2D eigenvalue weighted by molar-refractivity contribution is -0.146. The Kier molecular flexibility index (Phi) is 10.3. The summed E-state index contributed by atoms with van der Waals surface area (Å²) in [6.07, 6.45) is 5.32. The molecule has 4 heterocycles. The molecule has 1 aliphatic rings. The summed E-state index contributed by atoms with van der Waals surface area (Å²) in [5, 5.41) is 30.9. The van der Waals surface area contributed by atoms with E-state index in [0.717, 1.165) is 16.5 Å². The molecular formula is C31H34ClN9O6. The van der Waals surface area contributed by atoms with Crippen molar-refractivity contribution in [2.75, 3.05) is 47.0 Å². The highest BCUT2D eigenvalue weighted by Crippen LogP contribution is 2.29. The lowest BCUT2D eigenvalue weighted by Gasteiger charge is -2.27. The maximum absolute atomic E-state index is 13.6. The van der Waals surface area contributed by atoms with Crippen LogP contribution in [-0.4, -0.2) is 110 Å². The predicted octanol–water partition coefficient (Wildman–Crippen LogP) is 1.82. The summed E-state index contributed by atoms with van der Waals surface area (Å²) < 4.78 is 12.6. The molecule has 2 atom stereocenters. The van der Waals surface area contributed by atoms with E-state index in [1.165, 1.54) is 29.8 Å². The number of aromatic amines is 1. The van der Waals surface area contributed by atoms with E-state index in [2.05, 4.69) is 30.9 Å². The number of aromatic nitrogens is 7. The average molecular weight is 664 g/mol. The molecule has 246 valence electrons. The van der Waals surface area contributed by atoms with E-state index in [4.69, 9.17) is 9.47 Å². The van der Waals surface area contributed by atoms with Gasteiger partial charge in [-0.25, -0.2) is 19.0 Å². The van der Waals surface area contributed by atoms with E-state index >= 15 is 0 Å². The zero-order valence-corrected chi connectivity index (χ0v) is 26.5. The molecule has 16 heteroatoms. The van der Waals surface area contributed by atoms with E-state index in [0.29, 0.717) is 60.7 Å². The average Bonchev–Trinajstić information content (AvgIpc) is 3.88. The topological polar surface area (TPSA) is 182 Å². The molecule has 0 spiro atoms. The first-order valence-electron chi connectivity index (χ1n) is 14.7. The van der Waals surface area contributed by atoms with Crippen molar-refractivity contribution in [1.29, 1.82) is 0 Å². The van der Waals surface area contributed by atoms with Gasteiger partial charge in [-0.15, -0.1) is 22.6 Å². The molecule has 0 bridgehead atoms. The van der Waals surface area contributed by atoms with Crippen LogP contribution in [0.4, 0.5) is 0 Å². The second kappa shape index (κ2) is 14.5. The number of halogens is 1. The van der Waals surface area contributed by atoms with Crippen LogP contribution < -0.4 is 5.32 Å². The van der Waals surface area contributed by atoms with Crippen LogP contribution in [0.2, 0.25) is 0 Å². The van der Waals surface area contributed by atoms with Gasteiger partial charge >= 0.3 is 11.9 Å². The number of esters is 2. The van der Waals surface area contributed by atoms with E-state index in [9.17, 15) is 19.5 Å². The molecule has 1 fully saturated rings. The molecule has 0 aliphatic carbocycles. The van der Waals surface area contributed by atoms with Crippen molar-refractivity contribution in [2.45, 2.75) is 18.5 Å². The number of benzene rings is 2. The molecule has 0 radical (unpaired) electrons. The fourth-order valence-corrected chi connectivity index (χ4v) is 5.55. The van der Waals surface area contributed by atoms with E-state index in [-0.39, 0.29) is 18.3 Å². The van der Waals surface area contributed by atoms with Gasteiger partial charge in [0.2, 0.25) is 0 Å². The number of hydrogen-bond acceptors (Lipinski definition) is 11. The Labute approximate surface area is 275 Å². The lowest BCUT2D eigenvalue weighted by atomic mass is 10.0. The highest BCUT2D eigenvalue weighted by molar-refractivity contribution is 5.97. The van der Waals surface area contributed by atoms with Gasteiger partial charge in [0.05, 0.1) is 33.2 Å². The number of aliphatic hydroxyl groups excluding tert-OH is 1. The van der Waals surface area contributed by atoms with E-state index < -0.39 is 30.6 Å². The Hall–Kier alpha value is -5.12. The number of piperazine rings is 1. The molecule has 1 saturated heterocycles. The quantitative estimate of drug-likeness (QED) is 0.185. The van der Waals surface area contributed by atoms with E-state index in [1.807, 2.05) is 30.5 Å². The van der Waals surface area contributed by atoms with Gasteiger partial charge in [0.1, 0.15) is 11.4 Å². The zero-order chi connectivity index (χ0) is 32.2. The summed E-state index contributed by atoms with van der Waals surface area (Å²) in [7, 11) is 2.55. The van der Waals surface area contributed by atoms with Gasteiger partial charge in [-0.3, -0.25) is 4.79 Å². The molecule has 0 unspecified atom stereocenters. The fraction of sp³-hybridized carbons (Fsp3) is 0.323. The van der Waals surface area contributed by atoms with Gasteiger partial charge in [0.25, 0.3) is 5.91 Å². The molecule has 2 aromatic carbocycles. The summed E-state index contributed by atoms with van der Waals surface area (Å²) in [5.41, 5.74) is 4.13. The summed E-state index contributed by atoms with van der Waals surface area (Å²) in [4.78, 5) is 43.8. The number of fused-ring (bicyclic) bond motifs is 1. The molecule has 6 rings (SSSR count). The summed E-state index contributed by atoms with van der Waals surface area (Å²) >= 11 is 0. The Morgan fingerprint density at radius 3 is 2.11 bits per heavy atom. The van der Waals surface area contributed by atoms with Crippen LogP contribution in [0.5, 0.6) is 0 Å². The second-order valence-corrected chi connectivity index (χ2v) is 10.8. The molecule has 1 amide bonds. The third-order valence-corrected chi connectivity index (χ3v) is 8.04. The molecule has 47 heavy (non-hydrogen) atoms. The SMILES string of the molecule is COC(=O)[C@H](CO)n1cc(-c2cc(C(=O)N3CCNCC3)cc(-c3cn([C@@H](Cc4c[nH]c5ccccc45)C(=O)OC)nn3)c2)nn1.Cl. The first-order valence-corrected chi connectivity index (χ1v) is 14.7. The molecule has 5 aromatic rings. The van der Waals surface area contributed by atoms with Gasteiger partial charge in [-0.05, 0) is 29.8 Å². The third-order valence-electron chi connectivity index (χ3n) is 8.04. The monoisotopic (exact) mass is 663 g/mol. The second-order valence-electron chi connectivity index (χ2n) is 10.8. The number of carbonyl (C=O) groups excluding carboxylic acids is 3. The standard InChI is InChI=1S/C31H33N9O6.ClH/c1-45-30(43)27(14-22-15-33-24-6-4-3-5-23(22)24)39-16-25(34-36-39)19-11-20(13-21(12-19)29(42)38-9-7-32-8-10-38)26-17-40(37-35-26)28(18-41)31(44)46-2;/h3-6,11-13,15-17,27-28,32-33,41H,7-10,14,18H2,1-2H3;1H/t27-,28-;/m0./s1. The highest BCUT2D eigenvalue weighted by Gasteiger charge is 2.27. The van der Waals surface area contributed by atoms with Crippen LogP contribution in [0.15, 0.2) is 61.1 Å². The number of ether oxygens (including phenoxy) is 2. The summed E-state index contributed by atoms with van der Waals surface area (Å²) in [6.45, 7) is 1.93.